The molecule has 1 unspecified atom stereocenters. The Labute approximate surface area is 271 Å². The number of hydrogen-bond donors (Lipinski definition) is 4. The van der Waals surface area contributed by atoms with Gasteiger partial charge in [-0.05, 0) is 82.8 Å². The highest BCUT2D eigenvalue weighted by molar-refractivity contribution is 9.15. The number of carbonyl (C=O) groups is 6. The number of esters is 6. The topological polar surface area (TPSA) is 211 Å². The molecule has 0 aromatic heterocycles. The van der Waals surface area contributed by atoms with Crippen molar-refractivity contribution < 1.29 is 63.4 Å². The minimum atomic E-state index is -0.643. The van der Waals surface area contributed by atoms with Crippen LogP contribution in [-0.4, -0.2) is 82.2 Å². The van der Waals surface area contributed by atoms with Crippen LogP contribution >= 0.6 is 63.7 Å². The smallest absolute Gasteiger partial charge is 0.348 e. The average Bonchev–Trinajstić information content (AvgIpc) is 3.60. The van der Waals surface area contributed by atoms with Crippen LogP contribution in [0.2, 0.25) is 0 Å². The van der Waals surface area contributed by atoms with Crippen molar-refractivity contribution in [3.05, 3.63) is 76.6 Å². The van der Waals surface area contributed by atoms with Gasteiger partial charge in [0, 0.05) is 30.0 Å². The van der Waals surface area contributed by atoms with E-state index in [2.05, 4.69) is 77.9 Å². The average molecular weight is 848 g/mol. The SMILES string of the molecule is CC(O)CO.O=C1C=CC(=O)O1.O=C1OC(=O)c2c(Br)c(Br)c(Br)c(Br)c21.O=C1OC(=O)c2ccccc21.OCCO. The van der Waals surface area contributed by atoms with Gasteiger partial charge in [0.2, 0.25) is 0 Å². The van der Waals surface area contributed by atoms with Crippen molar-refractivity contribution >= 4 is 99.5 Å². The van der Waals surface area contributed by atoms with Crippen LogP contribution in [0.5, 0.6) is 0 Å². The maximum atomic E-state index is 11.4. The fraction of sp³-hybridized carbons (Fsp3) is 0.200. The van der Waals surface area contributed by atoms with Gasteiger partial charge in [-0.25, -0.2) is 28.8 Å². The predicted molar refractivity (Wildman–Crippen MR) is 156 cm³/mol. The molecule has 3 aliphatic rings. The third-order valence-electron chi connectivity index (χ3n) is 4.33. The maximum Gasteiger partial charge on any atom is 0.348 e. The quantitative estimate of drug-likeness (QED) is 0.113. The van der Waals surface area contributed by atoms with Crippen molar-refractivity contribution in [2.75, 3.05) is 19.8 Å². The van der Waals surface area contributed by atoms with Gasteiger partial charge in [-0.2, -0.15) is 0 Å². The largest absolute Gasteiger partial charge is 0.394 e. The van der Waals surface area contributed by atoms with Crippen LogP contribution in [0.4, 0.5) is 0 Å². The number of aliphatic hydroxyl groups excluding tert-OH is 4. The molecule has 0 spiro atoms. The van der Waals surface area contributed by atoms with Crippen LogP contribution in [0, 0.1) is 0 Å². The van der Waals surface area contributed by atoms with Gasteiger partial charge in [0.15, 0.2) is 0 Å². The molecule has 17 heteroatoms. The Morgan fingerprint density at radius 3 is 1.21 bits per heavy atom. The van der Waals surface area contributed by atoms with Crippen molar-refractivity contribution in [2.45, 2.75) is 13.0 Å². The molecule has 2 aromatic rings. The molecule has 0 radical (unpaired) electrons. The highest BCUT2D eigenvalue weighted by atomic mass is 79.9. The van der Waals surface area contributed by atoms with E-state index >= 15 is 0 Å². The van der Waals surface area contributed by atoms with Crippen LogP contribution in [0.15, 0.2) is 54.3 Å². The van der Waals surface area contributed by atoms with E-state index in [4.69, 9.17) is 20.4 Å². The van der Waals surface area contributed by atoms with E-state index in [-0.39, 0.29) is 30.9 Å². The molecule has 0 fully saturated rings. The summed E-state index contributed by atoms with van der Waals surface area (Å²) in [6.07, 6.45) is 1.61. The van der Waals surface area contributed by atoms with E-state index < -0.39 is 41.9 Å². The first-order valence-electron chi connectivity index (χ1n) is 11.1. The molecule has 1 atom stereocenters. The lowest BCUT2D eigenvalue weighted by Gasteiger charge is -2.06. The van der Waals surface area contributed by atoms with Gasteiger partial charge < -0.3 is 34.6 Å². The molecular formula is C25H20Br4O13. The molecular weight excluding hydrogens is 828 g/mol. The summed E-state index contributed by atoms with van der Waals surface area (Å²) in [5, 5.41) is 31.3. The summed E-state index contributed by atoms with van der Waals surface area (Å²) in [6, 6.07) is 6.53. The number of ether oxygens (including phenoxy) is 3. The normalized spacial score (nSPS) is 14.3. The van der Waals surface area contributed by atoms with Crippen molar-refractivity contribution in [3.63, 3.8) is 0 Å². The van der Waals surface area contributed by atoms with Crippen LogP contribution in [0.3, 0.4) is 0 Å². The zero-order valence-corrected chi connectivity index (χ0v) is 27.5. The Kier molecular flexibility index (Phi) is 16.1. The summed E-state index contributed by atoms with van der Waals surface area (Å²) in [5.74, 6) is -3.54. The number of fused-ring (bicyclic) bond motifs is 2. The molecule has 42 heavy (non-hydrogen) atoms. The highest BCUT2D eigenvalue weighted by Gasteiger charge is 2.36. The third-order valence-corrected chi connectivity index (χ3v) is 9.10. The number of hydrogen-bond acceptors (Lipinski definition) is 13. The Morgan fingerprint density at radius 1 is 0.619 bits per heavy atom. The molecule has 4 N–H and O–H groups in total. The fourth-order valence-electron chi connectivity index (χ4n) is 2.54. The highest BCUT2D eigenvalue weighted by Crippen LogP contribution is 2.44. The Bertz CT molecular complexity index is 1310. The molecule has 13 nitrogen and oxygen atoms in total. The monoisotopic (exact) mass is 844 g/mol. The number of benzene rings is 2. The summed E-state index contributed by atoms with van der Waals surface area (Å²) in [7, 11) is 0. The van der Waals surface area contributed by atoms with E-state index in [0.717, 1.165) is 12.2 Å². The first-order chi connectivity index (χ1) is 19.7. The molecule has 0 bridgehead atoms. The molecule has 5 rings (SSSR count). The first-order valence-corrected chi connectivity index (χ1v) is 14.3. The number of rotatable bonds is 2. The summed E-state index contributed by atoms with van der Waals surface area (Å²) < 4.78 is 15.2. The molecule has 0 saturated heterocycles. The van der Waals surface area contributed by atoms with Crippen LogP contribution in [0.25, 0.3) is 0 Å². The predicted octanol–water partition coefficient (Wildman–Crippen LogP) is 3.00. The van der Waals surface area contributed by atoms with Crippen LogP contribution < -0.4 is 0 Å². The Hall–Kier alpha value is -2.64. The molecule has 0 aliphatic carbocycles. The second kappa shape index (κ2) is 18.1. The van der Waals surface area contributed by atoms with Gasteiger partial charge in [-0.15, -0.1) is 0 Å². The van der Waals surface area contributed by atoms with E-state index in [1.807, 2.05) is 0 Å². The molecule has 0 amide bonds. The molecule has 2 aromatic carbocycles. The van der Waals surface area contributed by atoms with Gasteiger partial charge in [0.05, 0.1) is 48.2 Å². The zero-order valence-electron chi connectivity index (χ0n) is 21.1. The summed E-state index contributed by atoms with van der Waals surface area (Å²) >= 11 is 13.0. The second-order valence-corrected chi connectivity index (χ2v) is 10.6. The number of aliphatic hydroxyl groups is 4. The third kappa shape index (κ3) is 10.6. The molecule has 3 heterocycles. The first kappa shape index (κ1) is 37.4. The summed E-state index contributed by atoms with van der Waals surface area (Å²) in [4.78, 5) is 64.3. The molecule has 226 valence electrons. The zero-order chi connectivity index (χ0) is 32.1. The van der Waals surface area contributed by atoms with Gasteiger partial charge in [0.25, 0.3) is 0 Å². The second-order valence-electron chi connectivity index (χ2n) is 7.46. The number of cyclic esters (lactones) is 6. The lowest BCUT2D eigenvalue weighted by molar-refractivity contribution is -0.150. The van der Waals surface area contributed by atoms with Crippen molar-refractivity contribution in [1.82, 2.24) is 0 Å². The van der Waals surface area contributed by atoms with Crippen LogP contribution in [0.1, 0.15) is 48.4 Å². The van der Waals surface area contributed by atoms with E-state index in [0.29, 0.717) is 29.0 Å². The molecule has 3 aliphatic heterocycles. The fourth-order valence-corrected chi connectivity index (χ4v) is 4.98. The Morgan fingerprint density at radius 2 is 0.952 bits per heavy atom. The van der Waals surface area contributed by atoms with Gasteiger partial charge in [-0.3, -0.25) is 0 Å². The lowest BCUT2D eigenvalue weighted by Crippen LogP contribution is -2.03. The van der Waals surface area contributed by atoms with E-state index in [1.54, 1.807) is 24.3 Å². The minimum absolute atomic E-state index is 0.125. The minimum Gasteiger partial charge on any atom is -0.394 e. The summed E-state index contributed by atoms with van der Waals surface area (Å²) in [6.45, 7) is 1.14. The van der Waals surface area contributed by atoms with Crippen LogP contribution in [-0.2, 0) is 23.8 Å². The van der Waals surface area contributed by atoms with Crippen molar-refractivity contribution in [3.8, 4) is 0 Å². The molecule has 0 saturated carbocycles. The number of carbonyl (C=O) groups excluding carboxylic acids is 6. The van der Waals surface area contributed by atoms with E-state index in [1.165, 1.54) is 6.92 Å². The Balaban J connectivity index is 0.000000287. The number of halogens is 4. The maximum absolute atomic E-state index is 11.4. The van der Waals surface area contributed by atoms with Gasteiger partial charge in [-0.1, -0.05) is 12.1 Å². The van der Waals surface area contributed by atoms with Gasteiger partial charge in [0.1, 0.15) is 0 Å². The lowest BCUT2D eigenvalue weighted by atomic mass is 10.1. The summed E-state index contributed by atoms with van der Waals surface area (Å²) in [5.41, 5.74) is 1.19. The van der Waals surface area contributed by atoms with Gasteiger partial charge >= 0.3 is 35.8 Å². The van der Waals surface area contributed by atoms with E-state index in [9.17, 15) is 28.8 Å². The standard InChI is InChI=1S/C8Br4O3.C8H4O3.C4H2O3.C3H8O2.C2H6O2/c9-3-1-2(8(14)15-7(1)13)4(10)6(12)5(3)11;9-7-5-3-1-2-4-6(5)8(10)11-7;5-3-1-2-4(6)7-3;1-3(5)2-4;3-1-2-4/h;1-4H;1-2H;3-5H,2H2,1H3;3-4H,1-2H2. The van der Waals surface area contributed by atoms with Crippen molar-refractivity contribution in [1.29, 1.82) is 0 Å². The van der Waals surface area contributed by atoms with Crippen molar-refractivity contribution in [2.24, 2.45) is 0 Å².